The minimum Gasteiger partial charge on any atom is -0.496 e. The standard InChI is InChI=1S/C32H35N3O3/c1-23-19-27-26(20-28(23)38-2)13-14-29(34-30(27)36)35-17-15-32(16-18-35,21-24-9-5-3-6-10-24)31(37)33-22-25-11-7-4-8-12-25/h3-12,19-20H,13-18,21-22H2,1-2H3,(H,33,37). The van der Waals surface area contributed by atoms with Crippen molar-refractivity contribution in [1.82, 2.24) is 10.2 Å². The van der Waals surface area contributed by atoms with Gasteiger partial charge in [-0.15, -0.1) is 0 Å². The summed E-state index contributed by atoms with van der Waals surface area (Å²) < 4.78 is 5.48. The molecule has 0 spiro atoms. The SMILES string of the molecule is COc1cc2c(cc1C)C(=O)N=C(N1CCC(Cc3ccccc3)(C(=O)NCc3ccccc3)CC1)CC2. The topological polar surface area (TPSA) is 71.0 Å². The van der Waals surface area contributed by atoms with E-state index in [0.717, 1.165) is 40.3 Å². The zero-order valence-electron chi connectivity index (χ0n) is 22.2. The smallest absolute Gasteiger partial charge is 0.278 e. The van der Waals surface area contributed by atoms with Gasteiger partial charge in [0.2, 0.25) is 5.91 Å². The quantitative estimate of drug-likeness (QED) is 0.500. The number of hydrogen-bond donors (Lipinski definition) is 1. The van der Waals surface area contributed by atoms with Crippen molar-refractivity contribution in [2.45, 2.75) is 45.6 Å². The lowest BCUT2D eigenvalue weighted by Gasteiger charge is -2.42. The zero-order chi connectivity index (χ0) is 26.5. The van der Waals surface area contributed by atoms with Crippen LogP contribution in [0.4, 0.5) is 0 Å². The minimum absolute atomic E-state index is 0.0960. The van der Waals surface area contributed by atoms with E-state index in [4.69, 9.17) is 4.74 Å². The summed E-state index contributed by atoms with van der Waals surface area (Å²) in [6.45, 7) is 3.84. The van der Waals surface area contributed by atoms with E-state index in [9.17, 15) is 9.59 Å². The number of aliphatic imine (C=N–C) groups is 1. The lowest BCUT2D eigenvalue weighted by Crippen LogP contribution is -2.51. The molecule has 0 bridgehead atoms. The molecule has 1 saturated heterocycles. The first-order valence-corrected chi connectivity index (χ1v) is 13.4. The number of piperidine rings is 1. The maximum Gasteiger partial charge on any atom is 0.278 e. The number of rotatable bonds is 6. The largest absolute Gasteiger partial charge is 0.496 e. The normalized spacial score (nSPS) is 16.7. The molecule has 0 saturated carbocycles. The molecule has 1 fully saturated rings. The Balaban J connectivity index is 1.32. The molecule has 0 aliphatic carbocycles. The van der Waals surface area contributed by atoms with Crippen molar-refractivity contribution in [2.75, 3.05) is 20.2 Å². The van der Waals surface area contributed by atoms with E-state index in [2.05, 4.69) is 27.3 Å². The first-order chi connectivity index (χ1) is 18.5. The molecule has 0 atom stereocenters. The van der Waals surface area contributed by atoms with Gasteiger partial charge in [0, 0.05) is 31.6 Å². The van der Waals surface area contributed by atoms with Crippen LogP contribution in [0.15, 0.2) is 77.8 Å². The van der Waals surface area contributed by atoms with Crippen molar-refractivity contribution >= 4 is 17.6 Å². The number of likely N-dealkylation sites (tertiary alicyclic amines) is 1. The number of nitrogens with zero attached hydrogens (tertiary/aromatic N) is 2. The zero-order valence-corrected chi connectivity index (χ0v) is 22.2. The molecule has 1 N–H and O–H groups in total. The van der Waals surface area contributed by atoms with Crippen LogP contribution in [0.1, 0.15) is 51.9 Å². The van der Waals surface area contributed by atoms with E-state index >= 15 is 0 Å². The second kappa shape index (κ2) is 11.2. The Morgan fingerprint density at radius 1 is 0.974 bits per heavy atom. The van der Waals surface area contributed by atoms with Gasteiger partial charge in [-0.3, -0.25) is 9.59 Å². The number of ether oxygens (including phenoxy) is 1. The highest BCUT2D eigenvalue weighted by Gasteiger charge is 2.42. The molecule has 2 amide bonds. The highest BCUT2D eigenvalue weighted by Crippen LogP contribution is 2.37. The number of fused-ring (bicyclic) bond motifs is 1. The van der Waals surface area contributed by atoms with Gasteiger partial charge < -0.3 is 15.0 Å². The summed E-state index contributed by atoms with van der Waals surface area (Å²) in [4.78, 5) is 33.6. The minimum atomic E-state index is -0.505. The predicted molar refractivity (Wildman–Crippen MR) is 149 cm³/mol. The van der Waals surface area contributed by atoms with Crippen molar-refractivity contribution in [3.63, 3.8) is 0 Å². The second-order valence-corrected chi connectivity index (χ2v) is 10.4. The summed E-state index contributed by atoms with van der Waals surface area (Å²) >= 11 is 0. The molecule has 2 aliphatic rings. The first kappa shape index (κ1) is 25.7. The number of amides is 2. The summed E-state index contributed by atoms with van der Waals surface area (Å²) in [6.07, 6.45) is 3.53. The van der Waals surface area contributed by atoms with Crippen molar-refractivity contribution < 1.29 is 14.3 Å². The number of aryl methyl sites for hydroxylation is 2. The Hall–Kier alpha value is -3.93. The van der Waals surface area contributed by atoms with Crippen molar-refractivity contribution in [3.05, 3.63) is 101 Å². The van der Waals surface area contributed by atoms with E-state index in [-0.39, 0.29) is 11.8 Å². The van der Waals surface area contributed by atoms with Crippen LogP contribution in [0.5, 0.6) is 5.75 Å². The molecule has 0 radical (unpaired) electrons. The molecule has 196 valence electrons. The third-order valence-electron chi connectivity index (χ3n) is 7.95. The molecule has 5 rings (SSSR count). The Kier molecular flexibility index (Phi) is 7.59. The lowest BCUT2D eigenvalue weighted by atomic mass is 9.72. The van der Waals surface area contributed by atoms with Crippen LogP contribution in [0, 0.1) is 12.3 Å². The fourth-order valence-corrected chi connectivity index (χ4v) is 5.69. The summed E-state index contributed by atoms with van der Waals surface area (Å²) in [5.41, 5.74) is 4.32. The summed E-state index contributed by atoms with van der Waals surface area (Å²) in [5.74, 6) is 1.52. The molecule has 3 aromatic carbocycles. The molecular formula is C32H35N3O3. The third-order valence-corrected chi connectivity index (χ3v) is 7.95. The van der Waals surface area contributed by atoms with Gasteiger partial charge in [-0.25, -0.2) is 0 Å². The van der Waals surface area contributed by atoms with Gasteiger partial charge in [0.15, 0.2) is 0 Å². The Morgan fingerprint density at radius 2 is 1.63 bits per heavy atom. The molecule has 6 nitrogen and oxygen atoms in total. The van der Waals surface area contributed by atoms with Gasteiger partial charge in [0.25, 0.3) is 5.91 Å². The highest BCUT2D eigenvalue weighted by molar-refractivity contribution is 6.05. The Labute approximate surface area is 224 Å². The molecule has 38 heavy (non-hydrogen) atoms. The molecular weight excluding hydrogens is 474 g/mol. The summed E-state index contributed by atoms with van der Waals surface area (Å²) in [5, 5.41) is 3.22. The highest BCUT2D eigenvalue weighted by atomic mass is 16.5. The first-order valence-electron chi connectivity index (χ1n) is 13.4. The Morgan fingerprint density at radius 3 is 2.29 bits per heavy atom. The maximum absolute atomic E-state index is 13.7. The van der Waals surface area contributed by atoms with E-state index in [1.165, 1.54) is 0 Å². The van der Waals surface area contributed by atoms with Gasteiger partial charge in [0.1, 0.15) is 11.6 Å². The van der Waals surface area contributed by atoms with Crippen LogP contribution in [0.25, 0.3) is 0 Å². The maximum atomic E-state index is 13.7. The number of methoxy groups -OCH3 is 1. The number of amidine groups is 1. The molecule has 2 heterocycles. The van der Waals surface area contributed by atoms with Crippen molar-refractivity contribution in [2.24, 2.45) is 10.4 Å². The van der Waals surface area contributed by atoms with Gasteiger partial charge in [0.05, 0.1) is 12.5 Å². The number of carbonyl (C=O) groups excluding carboxylic acids is 2. The number of hydrogen-bond acceptors (Lipinski definition) is 4. The number of nitrogens with one attached hydrogen (secondary N) is 1. The van der Waals surface area contributed by atoms with Crippen LogP contribution in [0.3, 0.4) is 0 Å². The van der Waals surface area contributed by atoms with Gasteiger partial charge in [-0.1, -0.05) is 60.7 Å². The lowest BCUT2D eigenvalue weighted by molar-refractivity contribution is -0.133. The molecule has 6 heteroatoms. The van der Waals surface area contributed by atoms with Crippen LogP contribution in [-0.2, 0) is 24.2 Å². The number of carbonyl (C=O) groups is 2. The average Bonchev–Trinajstić information content (AvgIpc) is 3.11. The molecule has 0 aromatic heterocycles. The van der Waals surface area contributed by atoms with E-state index in [1.54, 1.807) is 7.11 Å². The summed E-state index contributed by atoms with van der Waals surface area (Å²) in [6, 6.07) is 24.1. The second-order valence-electron chi connectivity index (χ2n) is 10.4. The van der Waals surface area contributed by atoms with Crippen molar-refractivity contribution in [1.29, 1.82) is 0 Å². The fourth-order valence-electron chi connectivity index (χ4n) is 5.69. The van der Waals surface area contributed by atoms with E-state index in [0.29, 0.717) is 50.9 Å². The van der Waals surface area contributed by atoms with Gasteiger partial charge in [-0.05, 0) is 67.0 Å². The van der Waals surface area contributed by atoms with Crippen molar-refractivity contribution in [3.8, 4) is 5.75 Å². The average molecular weight is 510 g/mol. The predicted octanol–water partition coefficient (Wildman–Crippen LogP) is 5.13. The van der Waals surface area contributed by atoms with Crippen LogP contribution < -0.4 is 10.1 Å². The Bertz CT molecular complexity index is 1330. The van der Waals surface area contributed by atoms with E-state index < -0.39 is 5.41 Å². The fraction of sp³-hybridized carbons (Fsp3) is 0.344. The molecule has 2 aliphatic heterocycles. The number of benzene rings is 3. The third kappa shape index (κ3) is 5.49. The van der Waals surface area contributed by atoms with Gasteiger partial charge in [-0.2, -0.15) is 4.99 Å². The van der Waals surface area contributed by atoms with Crippen LogP contribution >= 0.6 is 0 Å². The van der Waals surface area contributed by atoms with Crippen LogP contribution in [0.2, 0.25) is 0 Å². The summed E-state index contributed by atoms with van der Waals surface area (Å²) in [7, 11) is 1.65. The van der Waals surface area contributed by atoms with Gasteiger partial charge >= 0.3 is 0 Å². The van der Waals surface area contributed by atoms with E-state index in [1.807, 2.05) is 67.6 Å². The molecule has 3 aromatic rings. The molecule has 0 unspecified atom stereocenters. The van der Waals surface area contributed by atoms with Crippen LogP contribution in [-0.4, -0.2) is 42.7 Å². The monoisotopic (exact) mass is 509 g/mol.